The molecular weight excluding hydrogens is 317 g/mol. The molecule has 1 amide bonds. The standard InChI is InChI=1S/C16H22FN3O2S/c1-22-15-3-2-12(8-13(15)17)9-19-4-6-20(7-5-19)16(21)14-10-23-11-18-14/h2-3,8,14,18H,4-7,9-11H2,1H3. The molecule has 126 valence electrons. The number of amides is 1. The number of ether oxygens (including phenoxy) is 1. The van der Waals surface area contributed by atoms with Crippen LogP contribution < -0.4 is 10.1 Å². The van der Waals surface area contributed by atoms with Gasteiger partial charge < -0.3 is 9.64 Å². The second kappa shape index (κ2) is 7.51. The molecule has 1 N–H and O–H groups in total. The molecule has 2 heterocycles. The number of methoxy groups -OCH3 is 1. The minimum absolute atomic E-state index is 0.0257. The predicted octanol–water partition coefficient (Wildman–Crippen LogP) is 1.14. The quantitative estimate of drug-likeness (QED) is 0.891. The van der Waals surface area contributed by atoms with Gasteiger partial charge in [0.05, 0.1) is 13.2 Å². The molecule has 0 bridgehead atoms. The molecule has 1 aromatic rings. The first-order valence-corrected chi connectivity index (χ1v) is 8.97. The molecule has 1 aromatic carbocycles. The molecule has 0 aromatic heterocycles. The Hall–Kier alpha value is -1.31. The van der Waals surface area contributed by atoms with Crippen molar-refractivity contribution in [3.63, 3.8) is 0 Å². The first-order chi connectivity index (χ1) is 11.2. The number of rotatable bonds is 4. The molecule has 0 saturated carbocycles. The lowest BCUT2D eigenvalue weighted by atomic mass is 10.1. The summed E-state index contributed by atoms with van der Waals surface area (Å²) in [5.74, 6) is 1.88. The van der Waals surface area contributed by atoms with Gasteiger partial charge in [0.25, 0.3) is 0 Å². The second-order valence-electron chi connectivity index (χ2n) is 5.84. The predicted molar refractivity (Wildman–Crippen MR) is 89.1 cm³/mol. The van der Waals surface area contributed by atoms with E-state index in [1.165, 1.54) is 13.2 Å². The molecule has 1 atom stereocenters. The Balaban J connectivity index is 1.51. The van der Waals surface area contributed by atoms with E-state index in [2.05, 4.69) is 10.2 Å². The number of halogens is 1. The first-order valence-electron chi connectivity index (χ1n) is 7.82. The summed E-state index contributed by atoms with van der Waals surface area (Å²) < 4.78 is 18.7. The molecule has 2 saturated heterocycles. The van der Waals surface area contributed by atoms with Gasteiger partial charge in [-0.25, -0.2) is 4.39 Å². The molecule has 2 aliphatic rings. The second-order valence-corrected chi connectivity index (χ2v) is 6.87. The highest BCUT2D eigenvalue weighted by molar-refractivity contribution is 7.99. The number of hydrogen-bond acceptors (Lipinski definition) is 5. The summed E-state index contributed by atoms with van der Waals surface area (Å²) in [5, 5.41) is 3.23. The van der Waals surface area contributed by atoms with Crippen LogP contribution in [0.2, 0.25) is 0 Å². The van der Waals surface area contributed by atoms with Crippen molar-refractivity contribution >= 4 is 17.7 Å². The Morgan fingerprint density at radius 3 is 2.78 bits per heavy atom. The van der Waals surface area contributed by atoms with Gasteiger partial charge in [-0.1, -0.05) is 6.07 Å². The number of hydrogen-bond donors (Lipinski definition) is 1. The maximum Gasteiger partial charge on any atom is 0.240 e. The average Bonchev–Trinajstić information content (AvgIpc) is 3.09. The van der Waals surface area contributed by atoms with Crippen molar-refractivity contribution in [3.8, 4) is 5.75 Å². The fraction of sp³-hybridized carbons (Fsp3) is 0.562. The molecule has 5 nitrogen and oxygen atoms in total. The number of carbonyl (C=O) groups is 1. The molecule has 2 fully saturated rings. The number of nitrogens with one attached hydrogen (secondary N) is 1. The smallest absolute Gasteiger partial charge is 0.240 e. The van der Waals surface area contributed by atoms with Gasteiger partial charge >= 0.3 is 0 Å². The van der Waals surface area contributed by atoms with Gasteiger partial charge in [0.2, 0.25) is 5.91 Å². The Morgan fingerprint density at radius 2 is 2.17 bits per heavy atom. The Bertz CT molecular complexity index is 558. The van der Waals surface area contributed by atoms with Crippen LogP contribution in [0.15, 0.2) is 18.2 Å². The maximum atomic E-state index is 13.7. The van der Waals surface area contributed by atoms with E-state index in [1.54, 1.807) is 17.8 Å². The molecule has 7 heteroatoms. The molecular formula is C16H22FN3O2S. The van der Waals surface area contributed by atoms with Crippen molar-refractivity contribution in [3.05, 3.63) is 29.6 Å². The third-order valence-electron chi connectivity index (χ3n) is 4.32. The van der Waals surface area contributed by atoms with E-state index in [4.69, 9.17) is 4.74 Å². The zero-order valence-electron chi connectivity index (χ0n) is 13.3. The van der Waals surface area contributed by atoms with Crippen molar-refractivity contribution < 1.29 is 13.9 Å². The molecule has 0 spiro atoms. The molecule has 0 radical (unpaired) electrons. The van der Waals surface area contributed by atoms with Crippen molar-refractivity contribution in [2.75, 3.05) is 44.9 Å². The van der Waals surface area contributed by atoms with E-state index in [0.29, 0.717) is 6.54 Å². The van der Waals surface area contributed by atoms with E-state index < -0.39 is 0 Å². The maximum absolute atomic E-state index is 13.7. The van der Waals surface area contributed by atoms with Crippen LogP contribution in [0.4, 0.5) is 4.39 Å². The van der Waals surface area contributed by atoms with Gasteiger partial charge in [-0.2, -0.15) is 0 Å². The minimum atomic E-state index is -0.330. The highest BCUT2D eigenvalue weighted by Gasteiger charge is 2.29. The Kier molecular flexibility index (Phi) is 5.40. The van der Waals surface area contributed by atoms with E-state index in [9.17, 15) is 9.18 Å². The van der Waals surface area contributed by atoms with Crippen LogP contribution in [0, 0.1) is 5.82 Å². The number of thioether (sulfide) groups is 1. The van der Waals surface area contributed by atoms with Crippen molar-refractivity contribution in [1.29, 1.82) is 0 Å². The van der Waals surface area contributed by atoms with Crippen molar-refractivity contribution in [1.82, 2.24) is 15.1 Å². The van der Waals surface area contributed by atoms with Crippen LogP contribution in [0.25, 0.3) is 0 Å². The summed E-state index contributed by atoms with van der Waals surface area (Å²) in [6.45, 7) is 3.81. The normalized spacial score (nSPS) is 22.3. The summed E-state index contributed by atoms with van der Waals surface area (Å²) in [6, 6.07) is 5.05. The highest BCUT2D eigenvalue weighted by Crippen LogP contribution is 2.19. The SMILES string of the molecule is COc1ccc(CN2CCN(C(=O)C3CSCN3)CC2)cc1F. The van der Waals surface area contributed by atoms with E-state index in [1.807, 2.05) is 11.0 Å². The Morgan fingerprint density at radius 1 is 1.39 bits per heavy atom. The van der Waals surface area contributed by atoms with Crippen molar-refractivity contribution in [2.24, 2.45) is 0 Å². The monoisotopic (exact) mass is 339 g/mol. The largest absolute Gasteiger partial charge is 0.494 e. The lowest BCUT2D eigenvalue weighted by molar-refractivity contribution is -0.134. The number of nitrogens with zero attached hydrogens (tertiary/aromatic N) is 2. The van der Waals surface area contributed by atoms with Crippen LogP contribution in [0.1, 0.15) is 5.56 Å². The zero-order chi connectivity index (χ0) is 16.2. The number of carbonyl (C=O) groups excluding carboxylic acids is 1. The Labute approximate surface area is 140 Å². The van der Waals surface area contributed by atoms with Crippen LogP contribution in [-0.4, -0.2) is 66.7 Å². The van der Waals surface area contributed by atoms with Gasteiger partial charge in [-0.3, -0.25) is 15.0 Å². The van der Waals surface area contributed by atoms with Gasteiger partial charge in [-0.15, -0.1) is 11.8 Å². The van der Waals surface area contributed by atoms with Gasteiger partial charge in [0, 0.05) is 44.4 Å². The molecule has 2 aliphatic heterocycles. The first kappa shape index (κ1) is 16.5. The lowest BCUT2D eigenvalue weighted by Crippen LogP contribution is -2.53. The molecule has 3 rings (SSSR count). The van der Waals surface area contributed by atoms with E-state index in [0.717, 1.165) is 43.4 Å². The fourth-order valence-corrected chi connectivity index (χ4v) is 3.90. The summed E-state index contributed by atoms with van der Waals surface area (Å²) in [7, 11) is 1.46. The zero-order valence-corrected chi connectivity index (χ0v) is 14.1. The average molecular weight is 339 g/mol. The molecule has 1 unspecified atom stereocenters. The van der Waals surface area contributed by atoms with Crippen LogP contribution in [-0.2, 0) is 11.3 Å². The summed E-state index contributed by atoms with van der Waals surface area (Å²) in [6.07, 6.45) is 0. The van der Waals surface area contributed by atoms with Gasteiger partial charge in [0.15, 0.2) is 11.6 Å². The summed E-state index contributed by atoms with van der Waals surface area (Å²) in [4.78, 5) is 16.5. The summed E-state index contributed by atoms with van der Waals surface area (Å²) in [5.41, 5.74) is 0.928. The van der Waals surface area contributed by atoms with Gasteiger partial charge in [0.1, 0.15) is 0 Å². The third kappa shape index (κ3) is 3.97. The minimum Gasteiger partial charge on any atom is -0.494 e. The van der Waals surface area contributed by atoms with Crippen molar-refractivity contribution in [2.45, 2.75) is 12.6 Å². The molecule has 0 aliphatic carbocycles. The van der Waals surface area contributed by atoms with E-state index in [-0.39, 0.29) is 23.5 Å². The number of piperazine rings is 1. The summed E-state index contributed by atoms with van der Waals surface area (Å²) >= 11 is 1.77. The van der Waals surface area contributed by atoms with Gasteiger partial charge in [-0.05, 0) is 17.7 Å². The fourth-order valence-electron chi connectivity index (χ4n) is 2.97. The highest BCUT2D eigenvalue weighted by atomic mass is 32.2. The van der Waals surface area contributed by atoms with Crippen LogP contribution >= 0.6 is 11.8 Å². The topological polar surface area (TPSA) is 44.8 Å². The lowest BCUT2D eigenvalue weighted by Gasteiger charge is -2.35. The number of benzene rings is 1. The van der Waals surface area contributed by atoms with Crippen LogP contribution in [0.3, 0.4) is 0 Å². The molecule has 23 heavy (non-hydrogen) atoms. The van der Waals surface area contributed by atoms with E-state index >= 15 is 0 Å². The third-order valence-corrected chi connectivity index (χ3v) is 5.26. The van der Waals surface area contributed by atoms with Crippen LogP contribution in [0.5, 0.6) is 5.75 Å².